The minimum atomic E-state index is -1.52. The van der Waals surface area contributed by atoms with Crippen LogP contribution in [-0.2, 0) is 11.3 Å². The lowest BCUT2D eigenvalue weighted by molar-refractivity contribution is 0.0254. The first-order valence-corrected chi connectivity index (χ1v) is 12.6. The molecule has 0 heterocycles. The van der Waals surface area contributed by atoms with Gasteiger partial charge in [-0.2, -0.15) is 0 Å². The third kappa shape index (κ3) is 8.39. The molecule has 4 heteroatoms. The molecule has 0 aliphatic heterocycles. The molecule has 0 aromatic heterocycles. The Labute approximate surface area is 155 Å². The number of amides is 1. The summed E-state index contributed by atoms with van der Waals surface area (Å²) in [6.07, 6.45) is 2.08. The first-order valence-electron chi connectivity index (χ1n) is 9.11. The standard InChI is InChI=1S/C21H35NO2Si/c1-17(2)14-19(25(6,7)8)16-22(20(23)24-21(3,4)5)15-18-12-10-9-11-13-18/h9-14,17H,15-16H2,1-8H3/b19-14-. The van der Waals surface area contributed by atoms with E-state index in [1.807, 2.05) is 43.9 Å². The lowest BCUT2D eigenvalue weighted by Crippen LogP contribution is -2.41. The highest BCUT2D eigenvalue weighted by atomic mass is 28.3. The van der Waals surface area contributed by atoms with Crippen LogP contribution in [-0.4, -0.2) is 31.2 Å². The van der Waals surface area contributed by atoms with E-state index < -0.39 is 13.7 Å². The molecule has 140 valence electrons. The van der Waals surface area contributed by atoms with Crippen molar-refractivity contribution in [2.24, 2.45) is 5.92 Å². The van der Waals surface area contributed by atoms with Crippen molar-refractivity contribution in [2.75, 3.05) is 6.54 Å². The van der Waals surface area contributed by atoms with Gasteiger partial charge in [0, 0.05) is 13.1 Å². The Hall–Kier alpha value is -1.55. The average molecular weight is 362 g/mol. The number of ether oxygens (including phenoxy) is 1. The van der Waals surface area contributed by atoms with Crippen LogP contribution in [0.2, 0.25) is 19.6 Å². The summed E-state index contributed by atoms with van der Waals surface area (Å²) in [5.41, 5.74) is 0.625. The summed E-state index contributed by atoms with van der Waals surface area (Å²) in [5, 5.41) is 1.39. The summed E-state index contributed by atoms with van der Waals surface area (Å²) in [6, 6.07) is 10.1. The maximum atomic E-state index is 12.8. The number of hydrogen-bond acceptors (Lipinski definition) is 2. The Balaban J connectivity index is 3.10. The van der Waals surface area contributed by atoms with Gasteiger partial charge >= 0.3 is 6.09 Å². The van der Waals surface area contributed by atoms with E-state index >= 15 is 0 Å². The number of hydrogen-bond donors (Lipinski definition) is 0. The molecule has 0 bridgehead atoms. The molecule has 1 rings (SSSR count). The largest absolute Gasteiger partial charge is 0.444 e. The number of nitrogens with zero attached hydrogens (tertiary/aromatic N) is 1. The second-order valence-corrected chi connectivity index (χ2v) is 14.2. The summed E-state index contributed by atoms with van der Waals surface area (Å²) in [6.45, 7) is 18.3. The minimum Gasteiger partial charge on any atom is -0.444 e. The predicted molar refractivity (Wildman–Crippen MR) is 109 cm³/mol. The molecule has 0 atom stereocenters. The SMILES string of the molecule is CC(C)/C=C(/CN(Cc1ccccc1)C(=O)OC(C)(C)C)[Si](C)(C)C. The molecule has 0 fully saturated rings. The molecular formula is C21H35NO2Si. The van der Waals surface area contributed by atoms with Gasteiger partial charge in [0.05, 0.1) is 8.07 Å². The van der Waals surface area contributed by atoms with Crippen molar-refractivity contribution in [1.82, 2.24) is 4.90 Å². The highest BCUT2D eigenvalue weighted by Crippen LogP contribution is 2.21. The molecule has 0 radical (unpaired) electrons. The van der Waals surface area contributed by atoms with E-state index in [1.165, 1.54) is 5.20 Å². The smallest absolute Gasteiger partial charge is 0.410 e. The van der Waals surface area contributed by atoms with Gasteiger partial charge in [0.25, 0.3) is 0 Å². The molecule has 1 aromatic rings. The van der Waals surface area contributed by atoms with Gasteiger partial charge in [0.1, 0.15) is 5.60 Å². The monoisotopic (exact) mass is 361 g/mol. The number of rotatable bonds is 6. The van der Waals surface area contributed by atoms with E-state index in [0.717, 1.165) is 5.56 Å². The summed E-state index contributed by atoms with van der Waals surface area (Å²) in [4.78, 5) is 14.6. The molecule has 0 aliphatic carbocycles. The van der Waals surface area contributed by atoms with Crippen LogP contribution in [0.1, 0.15) is 40.2 Å². The van der Waals surface area contributed by atoms with Crippen LogP contribution in [0.5, 0.6) is 0 Å². The number of allylic oxidation sites excluding steroid dienone is 1. The first-order chi connectivity index (χ1) is 11.4. The highest BCUT2D eigenvalue weighted by molar-refractivity contribution is 6.83. The number of carbonyl (C=O) groups is 1. The zero-order chi connectivity index (χ0) is 19.3. The maximum absolute atomic E-state index is 12.8. The molecule has 0 spiro atoms. The van der Waals surface area contributed by atoms with Gasteiger partial charge in [-0.25, -0.2) is 4.79 Å². The van der Waals surface area contributed by atoms with E-state index in [9.17, 15) is 4.79 Å². The Morgan fingerprint density at radius 2 is 1.72 bits per heavy atom. The van der Waals surface area contributed by atoms with Crippen molar-refractivity contribution in [1.29, 1.82) is 0 Å². The highest BCUT2D eigenvalue weighted by Gasteiger charge is 2.27. The molecule has 1 amide bonds. The van der Waals surface area contributed by atoms with E-state index in [-0.39, 0.29) is 6.09 Å². The second-order valence-electron chi connectivity index (χ2n) is 9.01. The van der Waals surface area contributed by atoms with E-state index in [1.54, 1.807) is 0 Å². The predicted octanol–water partition coefficient (Wildman–Crippen LogP) is 5.88. The van der Waals surface area contributed by atoms with Crippen molar-refractivity contribution in [3.8, 4) is 0 Å². The Kier molecular flexibility index (Phi) is 7.48. The van der Waals surface area contributed by atoms with Gasteiger partial charge in [-0.15, -0.1) is 0 Å². The Morgan fingerprint density at radius 1 is 1.16 bits per heavy atom. The lowest BCUT2D eigenvalue weighted by Gasteiger charge is -2.31. The summed E-state index contributed by atoms with van der Waals surface area (Å²) >= 11 is 0. The molecule has 3 nitrogen and oxygen atoms in total. The Morgan fingerprint density at radius 3 is 2.16 bits per heavy atom. The second kappa shape index (κ2) is 8.70. The van der Waals surface area contributed by atoms with E-state index in [4.69, 9.17) is 4.74 Å². The fourth-order valence-electron chi connectivity index (χ4n) is 2.46. The molecule has 0 aliphatic rings. The van der Waals surface area contributed by atoms with Crippen LogP contribution in [0.15, 0.2) is 41.6 Å². The third-order valence-corrected chi connectivity index (χ3v) is 5.98. The Bertz CT molecular complexity index is 580. The van der Waals surface area contributed by atoms with Gasteiger partial charge in [-0.05, 0) is 32.3 Å². The van der Waals surface area contributed by atoms with Crippen LogP contribution in [0.4, 0.5) is 4.79 Å². The molecule has 0 N–H and O–H groups in total. The van der Waals surface area contributed by atoms with Crippen LogP contribution >= 0.6 is 0 Å². The fraction of sp³-hybridized carbons (Fsp3) is 0.571. The van der Waals surface area contributed by atoms with Crippen molar-refractivity contribution < 1.29 is 9.53 Å². The quantitative estimate of drug-likeness (QED) is 0.592. The topological polar surface area (TPSA) is 29.5 Å². The zero-order valence-electron chi connectivity index (χ0n) is 17.2. The van der Waals surface area contributed by atoms with E-state index in [0.29, 0.717) is 19.0 Å². The van der Waals surface area contributed by atoms with Gasteiger partial charge < -0.3 is 9.64 Å². The summed E-state index contributed by atoms with van der Waals surface area (Å²) in [7, 11) is -1.52. The van der Waals surface area contributed by atoms with Crippen molar-refractivity contribution in [2.45, 2.75) is 66.4 Å². The van der Waals surface area contributed by atoms with Crippen molar-refractivity contribution in [3.63, 3.8) is 0 Å². The molecule has 0 unspecified atom stereocenters. The number of carbonyl (C=O) groups excluding carboxylic acids is 1. The fourth-order valence-corrected chi connectivity index (χ4v) is 3.96. The third-order valence-electron chi connectivity index (χ3n) is 3.73. The molecular weight excluding hydrogens is 326 g/mol. The summed E-state index contributed by atoms with van der Waals surface area (Å²) in [5.74, 6) is 0.471. The maximum Gasteiger partial charge on any atom is 0.410 e. The molecule has 1 aromatic carbocycles. The lowest BCUT2D eigenvalue weighted by atomic mass is 10.2. The van der Waals surface area contributed by atoms with Gasteiger partial charge in [0.2, 0.25) is 0 Å². The first kappa shape index (κ1) is 21.5. The molecule has 0 saturated heterocycles. The van der Waals surface area contributed by atoms with Gasteiger partial charge in [-0.1, -0.05) is 75.1 Å². The molecule has 25 heavy (non-hydrogen) atoms. The number of benzene rings is 1. The zero-order valence-corrected chi connectivity index (χ0v) is 18.2. The van der Waals surface area contributed by atoms with Gasteiger partial charge in [-0.3, -0.25) is 0 Å². The van der Waals surface area contributed by atoms with Crippen LogP contribution < -0.4 is 0 Å². The van der Waals surface area contributed by atoms with Crippen LogP contribution in [0.3, 0.4) is 0 Å². The average Bonchev–Trinajstić information content (AvgIpc) is 2.43. The summed E-state index contributed by atoms with van der Waals surface area (Å²) < 4.78 is 5.67. The normalized spacial score (nSPS) is 13.1. The van der Waals surface area contributed by atoms with Crippen molar-refractivity contribution >= 4 is 14.2 Å². The van der Waals surface area contributed by atoms with E-state index in [2.05, 4.69) is 51.7 Å². The minimum absolute atomic E-state index is 0.246. The molecule has 0 saturated carbocycles. The van der Waals surface area contributed by atoms with Crippen LogP contribution in [0, 0.1) is 5.92 Å². The van der Waals surface area contributed by atoms with Crippen LogP contribution in [0.25, 0.3) is 0 Å². The van der Waals surface area contributed by atoms with Gasteiger partial charge in [0.15, 0.2) is 0 Å². The van der Waals surface area contributed by atoms with Crippen molar-refractivity contribution in [3.05, 3.63) is 47.2 Å².